The van der Waals surface area contributed by atoms with Gasteiger partial charge in [-0.25, -0.2) is 0 Å². The second-order valence-electron chi connectivity index (χ2n) is 4.37. The molecule has 0 aliphatic rings. The predicted molar refractivity (Wildman–Crippen MR) is 90.7 cm³/mol. The summed E-state index contributed by atoms with van der Waals surface area (Å²) in [6, 6.07) is 12.1. The van der Waals surface area contributed by atoms with Crippen molar-refractivity contribution in [3.8, 4) is 33.9 Å². The smallest absolute Gasteiger partial charge is 0.128 e. The molecule has 2 N–H and O–H groups in total. The van der Waals surface area contributed by atoms with Crippen molar-refractivity contribution in [2.24, 2.45) is 0 Å². The number of rotatable bonds is 2. The van der Waals surface area contributed by atoms with Gasteiger partial charge in [0.05, 0.1) is 5.69 Å². The van der Waals surface area contributed by atoms with Gasteiger partial charge in [-0.2, -0.15) is 0 Å². The molecule has 0 aliphatic heterocycles. The fourth-order valence-corrected chi connectivity index (χ4v) is 2.04. The number of hydrogen-bond acceptors (Lipinski definition) is 4. The zero-order valence-corrected chi connectivity index (χ0v) is 13.0. The molecular weight excluding hydrogens is 323 g/mol. The van der Waals surface area contributed by atoms with Gasteiger partial charge >= 0.3 is 0 Å². The van der Waals surface area contributed by atoms with Crippen LogP contribution in [0.25, 0.3) is 22.4 Å². The fourth-order valence-electron chi connectivity index (χ4n) is 2.04. The standard InChI is InChI=1S/C16H12N2O2.2ClH/c19-13-1-2-14(16(20)10-13)15-9-12(5-8-18-15)11-3-6-17-7-4-11;;/h1-10,19-20H;2*1H. The summed E-state index contributed by atoms with van der Waals surface area (Å²) in [6.45, 7) is 0. The van der Waals surface area contributed by atoms with E-state index in [-0.39, 0.29) is 36.3 Å². The van der Waals surface area contributed by atoms with E-state index in [4.69, 9.17) is 0 Å². The van der Waals surface area contributed by atoms with Crippen LogP contribution in [-0.2, 0) is 0 Å². The third-order valence-electron chi connectivity index (χ3n) is 3.03. The van der Waals surface area contributed by atoms with Crippen LogP contribution in [0.4, 0.5) is 0 Å². The van der Waals surface area contributed by atoms with Crippen LogP contribution in [0.2, 0.25) is 0 Å². The van der Waals surface area contributed by atoms with E-state index < -0.39 is 0 Å². The van der Waals surface area contributed by atoms with Crippen LogP contribution in [-0.4, -0.2) is 20.2 Å². The van der Waals surface area contributed by atoms with Gasteiger partial charge in [0.15, 0.2) is 0 Å². The highest BCUT2D eigenvalue weighted by Gasteiger charge is 2.08. The van der Waals surface area contributed by atoms with E-state index in [0.29, 0.717) is 11.3 Å². The van der Waals surface area contributed by atoms with Crippen LogP contribution in [0.1, 0.15) is 0 Å². The van der Waals surface area contributed by atoms with Gasteiger partial charge in [-0.05, 0) is 47.5 Å². The maximum absolute atomic E-state index is 9.90. The number of nitrogens with zero attached hydrogens (tertiary/aromatic N) is 2. The average Bonchev–Trinajstić information content (AvgIpc) is 2.48. The minimum Gasteiger partial charge on any atom is -0.508 e. The van der Waals surface area contributed by atoms with E-state index in [0.717, 1.165) is 11.1 Å². The average molecular weight is 337 g/mol. The molecule has 0 radical (unpaired) electrons. The highest BCUT2D eigenvalue weighted by atomic mass is 35.5. The zero-order chi connectivity index (χ0) is 13.9. The Balaban J connectivity index is 0.00000121. The first kappa shape index (κ1) is 17.8. The molecule has 0 bridgehead atoms. The molecule has 1 aromatic carbocycles. The first-order valence-corrected chi connectivity index (χ1v) is 6.13. The Labute approximate surface area is 140 Å². The lowest BCUT2D eigenvalue weighted by Gasteiger charge is -2.07. The lowest BCUT2D eigenvalue weighted by Crippen LogP contribution is -1.86. The zero-order valence-electron chi connectivity index (χ0n) is 11.4. The highest BCUT2D eigenvalue weighted by molar-refractivity contribution is 5.85. The van der Waals surface area contributed by atoms with Crippen molar-refractivity contribution in [2.45, 2.75) is 0 Å². The Bertz CT molecular complexity index is 752. The lowest BCUT2D eigenvalue weighted by molar-refractivity contribution is 0.452. The third-order valence-corrected chi connectivity index (χ3v) is 3.03. The molecule has 2 heterocycles. The molecule has 0 fully saturated rings. The molecule has 3 aromatic rings. The van der Waals surface area contributed by atoms with Crippen molar-refractivity contribution in [3.05, 3.63) is 61.1 Å². The monoisotopic (exact) mass is 336 g/mol. The summed E-state index contributed by atoms with van der Waals surface area (Å²) in [5, 5.41) is 19.2. The highest BCUT2D eigenvalue weighted by Crippen LogP contribution is 2.32. The SMILES string of the molecule is Cl.Cl.Oc1ccc(-c2cc(-c3ccncc3)ccn2)c(O)c1. The molecule has 2 aromatic heterocycles. The van der Waals surface area contributed by atoms with Crippen molar-refractivity contribution in [1.29, 1.82) is 0 Å². The van der Waals surface area contributed by atoms with Crippen LogP contribution in [0.15, 0.2) is 61.1 Å². The number of aromatic hydroxyl groups is 2. The summed E-state index contributed by atoms with van der Waals surface area (Å²) < 4.78 is 0. The number of phenolic OH excluding ortho intramolecular Hbond substituents is 2. The minimum absolute atomic E-state index is 0. The first-order valence-electron chi connectivity index (χ1n) is 6.13. The van der Waals surface area contributed by atoms with Crippen LogP contribution in [0, 0.1) is 0 Å². The molecule has 0 aliphatic carbocycles. The van der Waals surface area contributed by atoms with Gasteiger partial charge in [-0.15, -0.1) is 24.8 Å². The summed E-state index contributed by atoms with van der Waals surface area (Å²) in [7, 11) is 0. The minimum atomic E-state index is 0. The van der Waals surface area contributed by atoms with Gasteiger partial charge in [0.1, 0.15) is 11.5 Å². The molecule has 22 heavy (non-hydrogen) atoms. The van der Waals surface area contributed by atoms with E-state index in [1.165, 1.54) is 12.1 Å². The predicted octanol–water partition coefficient (Wildman–Crippen LogP) is 4.07. The molecule has 0 unspecified atom stereocenters. The van der Waals surface area contributed by atoms with Gasteiger partial charge in [0, 0.05) is 30.2 Å². The van der Waals surface area contributed by atoms with Crippen molar-refractivity contribution < 1.29 is 10.2 Å². The molecule has 0 amide bonds. The maximum atomic E-state index is 9.90. The second kappa shape index (κ2) is 7.64. The molecular formula is C16H14Cl2N2O2. The molecule has 0 spiro atoms. The van der Waals surface area contributed by atoms with Crippen molar-refractivity contribution >= 4 is 24.8 Å². The second-order valence-corrected chi connectivity index (χ2v) is 4.37. The topological polar surface area (TPSA) is 66.2 Å². The summed E-state index contributed by atoms with van der Waals surface area (Å²) in [5.41, 5.74) is 3.25. The normalized spacial score (nSPS) is 9.45. The summed E-state index contributed by atoms with van der Waals surface area (Å²) in [6.07, 6.45) is 5.15. The van der Waals surface area contributed by atoms with E-state index in [2.05, 4.69) is 9.97 Å². The third kappa shape index (κ3) is 3.67. The molecule has 0 saturated carbocycles. The largest absolute Gasteiger partial charge is 0.508 e. The molecule has 3 rings (SSSR count). The van der Waals surface area contributed by atoms with Crippen LogP contribution in [0.3, 0.4) is 0 Å². The van der Waals surface area contributed by atoms with E-state index in [1.54, 1.807) is 24.7 Å². The van der Waals surface area contributed by atoms with Gasteiger partial charge in [0.2, 0.25) is 0 Å². The summed E-state index contributed by atoms with van der Waals surface area (Å²) in [5.74, 6) is 0.0286. The number of benzene rings is 1. The van der Waals surface area contributed by atoms with Crippen molar-refractivity contribution in [3.63, 3.8) is 0 Å². The Morgan fingerprint density at radius 3 is 2.09 bits per heavy atom. The molecule has 4 nitrogen and oxygen atoms in total. The summed E-state index contributed by atoms with van der Waals surface area (Å²) in [4.78, 5) is 8.26. The Morgan fingerprint density at radius 2 is 1.41 bits per heavy atom. The molecule has 0 saturated heterocycles. The van der Waals surface area contributed by atoms with Crippen LogP contribution in [0.5, 0.6) is 11.5 Å². The summed E-state index contributed by atoms with van der Waals surface area (Å²) >= 11 is 0. The number of phenols is 2. The fraction of sp³-hybridized carbons (Fsp3) is 0. The Kier molecular flexibility index (Phi) is 6.16. The van der Waals surface area contributed by atoms with E-state index in [1.807, 2.05) is 24.3 Å². The number of aromatic nitrogens is 2. The van der Waals surface area contributed by atoms with Gasteiger partial charge < -0.3 is 10.2 Å². The number of halogens is 2. The van der Waals surface area contributed by atoms with Crippen molar-refractivity contribution in [2.75, 3.05) is 0 Å². The van der Waals surface area contributed by atoms with Crippen molar-refractivity contribution in [1.82, 2.24) is 9.97 Å². The quantitative estimate of drug-likeness (QED) is 0.740. The maximum Gasteiger partial charge on any atom is 0.128 e. The van der Waals surface area contributed by atoms with E-state index in [9.17, 15) is 10.2 Å². The molecule has 6 heteroatoms. The number of hydrogen-bond donors (Lipinski definition) is 2. The molecule has 0 atom stereocenters. The van der Waals surface area contributed by atoms with Gasteiger partial charge in [-0.3, -0.25) is 9.97 Å². The van der Waals surface area contributed by atoms with Gasteiger partial charge in [-0.1, -0.05) is 0 Å². The van der Waals surface area contributed by atoms with E-state index >= 15 is 0 Å². The molecule has 114 valence electrons. The Morgan fingerprint density at radius 1 is 0.727 bits per heavy atom. The van der Waals surface area contributed by atoms with Crippen LogP contribution >= 0.6 is 24.8 Å². The lowest BCUT2D eigenvalue weighted by atomic mass is 10.0. The van der Waals surface area contributed by atoms with Crippen LogP contribution < -0.4 is 0 Å². The van der Waals surface area contributed by atoms with Gasteiger partial charge in [0.25, 0.3) is 0 Å². The first-order chi connectivity index (χ1) is 9.74. The Hall–Kier alpha value is -2.30. The number of pyridine rings is 2.